The highest BCUT2D eigenvalue weighted by molar-refractivity contribution is 14.2. The largest absolute Gasteiger partial charge is 0.301 e. The quantitative estimate of drug-likeness (QED) is 0.506. The van der Waals surface area contributed by atoms with Crippen LogP contribution in [0.2, 0.25) is 0 Å². The Balaban J connectivity index is 2.35. The van der Waals surface area contributed by atoms with E-state index < -0.39 is 0 Å². The second-order valence-corrected chi connectivity index (χ2v) is 7.51. The van der Waals surface area contributed by atoms with Crippen LogP contribution in [0.3, 0.4) is 0 Å². The van der Waals surface area contributed by atoms with Crippen molar-refractivity contribution in [3.05, 3.63) is 49.1 Å². The van der Waals surface area contributed by atoms with E-state index in [9.17, 15) is 0 Å². The smallest absolute Gasteiger partial charge is 0.147 e. The minimum atomic E-state index is -0.193. The number of hydrogen-bond acceptors (Lipinski definition) is 2. The van der Waals surface area contributed by atoms with Gasteiger partial charge in [-0.2, -0.15) is 0 Å². The molecule has 0 bridgehead atoms. The third-order valence-corrected chi connectivity index (χ3v) is 7.88. The molecular formula is C15H13I2N3. The van der Waals surface area contributed by atoms with Gasteiger partial charge >= 0.3 is 0 Å². The van der Waals surface area contributed by atoms with Gasteiger partial charge in [-0.05, 0) is 59.7 Å². The van der Waals surface area contributed by atoms with Crippen molar-refractivity contribution >= 4 is 58.9 Å². The Hall–Kier alpha value is -0.830. The number of benzene rings is 1. The topological polar surface area (TPSA) is 30.7 Å². The fourth-order valence-corrected chi connectivity index (χ4v) is 5.44. The van der Waals surface area contributed by atoms with E-state index >= 15 is 0 Å². The van der Waals surface area contributed by atoms with E-state index in [-0.39, 0.29) is 20.7 Å². The molecule has 20 heavy (non-hydrogen) atoms. The van der Waals surface area contributed by atoms with Crippen molar-refractivity contribution in [2.45, 2.75) is 13.8 Å². The maximum absolute atomic E-state index is 4.41. The number of fused-ring (bicyclic) bond motifs is 1. The lowest BCUT2D eigenvalue weighted by Crippen LogP contribution is -2.02. The van der Waals surface area contributed by atoms with Crippen LogP contribution < -0.4 is 0 Å². The minimum Gasteiger partial charge on any atom is -0.301 e. The maximum Gasteiger partial charge on any atom is 0.147 e. The maximum atomic E-state index is 4.41. The number of hydrogen-bond donors (Lipinski definition) is 0. The van der Waals surface area contributed by atoms with Crippen LogP contribution in [-0.2, 0) is 0 Å². The van der Waals surface area contributed by atoms with Crippen LogP contribution in [-0.4, -0.2) is 19.0 Å². The average Bonchev–Trinajstić information content (AvgIpc) is 2.87. The normalized spacial score (nSPS) is 11.2. The zero-order valence-electron chi connectivity index (χ0n) is 11.2. The fraction of sp³-hybridized carbons (Fsp3) is 0.133. The van der Waals surface area contributed by atoms with E-state index in [1.165, 1.54) is 24.0 Å². The van der Waals surface area contributed by atoms with Gasteiger partial charge in [-0.1, -0.05) is 25.2 Å². The van der Waals surface area contributed by atoms with Gasteiger partial charge in [-0.3, -0.25) is 0 Å². The molecule has 3 nitrogen and oxygen atoms in total. The van der Waals surface area contributed by atoms with Crippen LogP contribution in [0, 0.1) is 21.0 Å². The van der Waals surface area contributed by atoms with Crippen molar-refractivity contribution in [1.82, 2.24) is 14.5 Å². The van der Waals surface area contributed by atoms with Crippen LogP contribution in [0.15, 0.2) is 30.9 Å². The number of rotatable bonds is 2. The van der Waals surface area contributed by atoms with Crippen LogP contribution in [0.5, 0.6) is 0 Å². The monoisotopic (exact) mass is 489 g/mol. The molecule has 0 amide bonds. The van der Waals surface area contributed by atoms with Gasteiger partial charge in [0.25, 0.3) is 0 Å². The van der Waals surface area contributed by atoms with E-state index in [0.717, 1.165) is 11.0 Å². The molecule has 0 aliphatic carbocycles. The lowest BCUT2D eigenvalue weighted by Gasteiger charge is -2.14. The summed E-state index contributed by atoms with van der Waals surface area (Å²) in [6.07, 6.45) is 5.52. The van der Waals surface area contributed by atoms with Crippen molar-refractivity contribution in [1.29, 1.82) is 0 Å². The van der Waals surface area contributed by atoms with Crippen LogP contribution in [0.1, 0.15) is 11.1 Å². The second-order valence-electron chi connectivity index (χ2n) is 4.59. The van der Waals surface area contributed by atoms with Crippen molar-refractivity contribution in [3.8, 4) is 5.69 Å². The van der Waals surface area contributed by atoms with E-state index in [1.807, 2.05) is 6.20 Å². The van der Waals surface area contributed by atoms with Crippen LogP contribution in [0.4, 0.5) is 0 Å². The molecule has 0 saturated carbocycles. The minimum absolute atomic E-state index is 0.193. The average molecular weight is 489 g/mol. The SMILES string of the molecule is C=Ic1c(C)c(-n2ccc3cncnc32)cc(C)c1I. The summed E-state index contributed by atoms with van der Waals surface area (Å²) in [5.74, 6) is 0. The van der Waals surface area contributed by atoms with Crippen molar-refractivity contribution in [3.63, 3.8) is 0 Å². The number of aryl methyl sites for hydroxylation is 1. The molecule has 2 heterocycles. The lowest BCUT2D eigenvalue weighted by molar-refractivity contribution is 1.05. The van der Waals surface area contributed by atoms with E-state index in [4.69, 9.17) is 0 Å². The molecule has 0 N–H and O–H groups in total. The summed E-state index contributed by atoms with van der Waals surface area (Å²) in [7, 11) is 0. The highest BCUT2D eigenvalue weighted by Crippen LogP contribution is 2.31. The Labute approximate surface area is 141 Å². The predicted octanol–water partition coefficient (Wildman–Crippen LogP) is 4.21. The Kier molecular flexibility index (Phi) is 3.89. The van der Waals surface area contributed by atoms with Crippen LogP contribution in [0.25, 0.3) is 16.7 Å². The molecule has 2 aromatic heterocycles. The molecule has 0 fully saturated rings. The van der Waals surface area contributed by atoms with Gasteiger partial charge in [-0.15, -0.1) is 0 Å². The molecule has 0 spiro atoms. The highest BCUT2D eigenvalue weighted by atomic mass is 127. The Morgan fingerprint density at radius 3 is 2.90 bits per heavy atom. The third-order valence-electron chi connectivity index (χ3n) is 3.35. The highest BCUT2D eigenvalue weighted by Gasteiger charge is 2.13. The summed E-state index contributed by atoms with van der Waals surface area (Å²) in [6, 6.07) is 4.29. The summed E-state index contributed by atoms with van der Waals surface area (Å²) in [5, 5.41) is 1.06. The Morgan fingerprint density at radius 2 is 2.15 bits per heavy atom. The van der Waals surface area contributed by atoms with Gasteiger partial charge in [0.15, 0.2) is 0 Å². The summed E-state index contributed by atoms with van der Waals surface area (Å²) in [6.45, 7) is 4.35. The van der Waals surface area contributed by atoms with Gasteiger partial charge in [0.2, 0.25) is 0 Å². The molecular weight excluding hydrogens is 476 g/mol. The number of nitrogens with zero attached hydrogens (tertiary/aromatic N) is 3. The molecule has 5 heteroatoms. The van der Waals surface area contributed by atoms with Gasteiger partial charge in [-0.25, -0.2) is 9.97 Å². The first-order chi connectivity index (χ1) is 9.63. The van der Waals surface area contributed by atoms with Crippen LogP contribution >= 0.6 is 43.3 Å². The molecule has 0 unspecified atom stereocenters. The molecule has 0 saturated heterocycles. The lowest BCUT2D eigenvalue weighted by atomic mass is 10.1. The molecule has 1 aromatic carbocycles. The third kappa shape index (κ3) is 2.20. The Bertz CT molecular complexity index is 821. The van der Waals surface area contributed by atoms with E-state index in [1.54, 1.807) is 6.33 Å². The van der Waals surface area contributed by atoms with Gasteiger partial charge in [0.1, 0.15) is 12.0 Å². The van der Waals surface area contributed by atoms with Gasteiger partial charge in [0, 0.05) is 24.9 Å². The second kappa shape index (κ2) is 5.51. The Morgan fingerprint density at radius 1 is 1.35 bits per heavy atom. The first-order valence-corrected chi connectivity index (χ1v) is 9.77. The molecule has 0 aliphatic rings. The van der Waals surface area contributed by atoms with Crippen molar-refractivity contribution in [2.24, 2.45) is 0 Å². The van der Waals surface area contributed by atoms with Gasteiger partial charge in [0.05, 0.1) is 5.69 Å². The molecule has 102 valence electrons. The standard InChI is InChI=1S/C15H13I2N3/c1-9-6-12(10(2)14(17-3)13(9)16)20-5-4-11-7-18-8-19-15(11)20/h4-8H,3H2,1-2H3. The fourth-order valence-electron chi connectivity index (χ4n) is 2.31. The first-order valence-electron chi connectivity index (χ1n) is 6.09. The number of aromatic nitrogens is 3. The molecule has 0 atom stereocenters. The number of halogens is 2. The molecule has 3 aromatic rings. The molecule has 0 radical (unpaired) electrons. The predicted molar refractivity (Wildman–Crippen MR) is 101 cm³/mol. The first kappa shape index (κ1) is 14.1. The molecule has 3 rings (SSSR count). The van der Waals surface area contributed by atoms with Crippen molar-refractivity contribution in [2.75, 3.05) is 0 Å². The summed E-state index contributed by atoms with van der Waals surface area (Å²) in [4.78, 5) is 8.49. The summed E-state index contributed by atoms with van der Waals surface area (Å²) < 4.78 is 9.11. The summed E-state index contributed by atoms with van der Waals surface area (Å²) >= 11 is 2.24. The zero-order chi connectivity index (χ0) is 14.3. The van der Waals surface area contributed by atoms with E-state index in [2.05, 4.69) is 73.8 Å². The molecule has 0 aliphatic heterocycles. The van der Waals surface area contributed by atoms with E-state index in [0.29, 0.717) is 0 Å². The zero-order valence-corrected chi connectivity index (χ0v) is 15.5. The summed E-state index contributed by atoms with van der Waals surface area (Å²) in [5.41, 5.74) is 4.78. The van der Waals surface area contributed by atoms with Crippen molar-refractivity contribution < 1.29 is 0 Å². The van der Waals surface area contributed by atoms with Gasteiger partial charge < -0.3 is 4.57 Å².